The lowest BCUT2D eigenvalue weighted by atomic mass is 9.97. The van der Waals surface area contributed by atoms with E-state index < -0.39 is 38.2 Å². The maximum absolute atomic E-state index is 14.7. The number of cyclic esters (lactones) is 1. The summed E-state index contributed by atoms with van der Waals surface area (Å²) in [5.74, 6) is -3.03. The van der Waals surface area contributed by atoms with Crippen molar-refractivity contribution in [2.75, 3.05) is 18.4 Å². The summed E-state index contributed by atoms with van der Waals surface area (Å²) in [6, 6.07) is 10.7. The van der Waals surface area contributed by atoms with Gasteiger partial charge in [0.1, 0.15) is 16.5 Å². The van der Waals surface area contributed by atoms with Gasteiger partial charge in [0.15, 0.2) is 5.75 Å². The molecular weight excluding hydrogens is 464 g/mol. The highest BCUT2D eigenvalue weighted by Crippen LogP contribution is 2.37. The zero-order valence-electron chi connectivity index (χ0n) is 16.6. The molecule has 6 nitrogen and oxygen atoms in total. The lowest BCUT2D eigenvalue weighted by molar-refractivity contribution is 0.0509. The number of carbonyl (C=O) groups is 1. The summed E-state index contributed by atoms with van der Waals surface area (Å²) in [6.07, 6.45) is 0.247. The summed E-state index contributed by atoms with van der Waals surface area (Å²) in [6.45, 7) is -0.0600. The van der Waals surface area contributed by atoms with Gasteiger partial charge in [-0.3, -0.25) is 4.72 Å². The molecule has 4 rings (SSSR count). The molecule has 1 heterocycles. The normalized spacial score (nSPS) is 15.1. The van der Waals surface area contributed by atoms with Crippen molar-refractivity contribution in [2.24, 2.45) is 0 Å². The molecule has 0 aliphatic carbocycles. The lowest BCUT2D eigenvalue weighted by Gasteiger charge is -2.17. The molecule has 166 valence electrons. The van der Waals surface area contributed by atoms with Gasteiger partial charge < -0.3 is 9.47 Å². The van der Waals surface area contributed by atoms with Crippen LogP contribution in [-0.4, -0.2) is 28.1 Å². The summed E-state index contributed by atoms with van der Waals surface area (Å²) >= 11 is 6.13. The summed E-state index contributed by atoms with van der Waals surface area (Å²) in [7, 11) is -3.30. The molecule has 0 spiro atoms. The number of benzene rings is 3. The van der Waals surface area contributed by atoms with Gasteiger partial charge in [-0.2, -0.15) is 0 Å². The number of sulfonamides is 1. The fourth-order valence-corrected chi connectivity index (χ4v) is 5.08. The van der Waals surface area contributed by atoms with Crippen LogP contribution >= 0.6 is 11.6 Å². The van der Waals surface area contributed by atoms with E-state index in [1.807, 2.05) is 0 Å². The zero-order valence-corrected chi connectivity index (χ0v) is 18.2. The Kier molecular flexibility index (Phi) is 5.79. The predicted octanol–water partition coefficient (Wildman–Crippen LogP) is 4.81. The van der Waals surface area contributed by atoms with Gasteiger partial charge in [-0.05, 0) is 29.3 Å². The molecule has 1 aliphatic heterocycles. The van der Waals surface area contributed by atoms with Crippen molar-refractivity contribution in [3.05, 3.63) is 76.3 Å². The minimum Gasteiger partial charge on any atom is -0.494 e. The molecule has 0 saturated carbocycles. The number of hydrogen-bond donors (Lipinski definition) is 1. The number of rotatable bonds is 1. The third kappa shape index (κ3) is 4.01. The van der Waals surface area contributed by atoms with E-state index in [0.717, 1.165) is 12.1 Å². The van der Waals surface area contributed by atoms with E-state index in [9.17, 15) is 22.0 Å². The van der Waals surface area contributed by atoms with E-state index >= 15 is 0 Å². The first-order chi connectivity index (χ1) is 15.2. The van der Waals surface area contributed by atoms with Crippen molar-refractivity contribution in [1.29, 1.82) is 0 Å². The summed E-state index contributed by atoms with van der Waals surface area (Å²) in [4.78, 5) is 12.0. The fraction of sp³-hybridized carbons (Fsp3) is 0.136. The first kappa shape index (κ1) is 22.0. The number of carbonyl (C=O) groups excluding carboxylic acids is 1. The van der Waals surface area contributed by atoms with Crippen LogP contribution in [0.2, 0.25) is 5.02 Å². The second kappa shape index (κ2) is 8.40. The van der Waals surface area contributed by atoms with Crippen molar-refractivity contribution in [3.8, 4) is 16.9 Å². The van der Waals surface area contributed by atoms with E-state index in [1.54, 1.807) is 24.3 Å². The molecule has 1 aliphatic rings. The molecule has 3 aromatic rings. The van der Waals surface area contributed by atoms with Gasteiger partial charge >= 0.3 is 5.97 Å². The van der Waals surface area contributed by atoms with Crippen molar-refractivity contribution in [2.45, 2.75) is 11.3 Å². The third-order valence-corrected chi connectivity index (χ3v) is 6.60. The second-order valence-corrected chi connectivity index (χ2v) is 9.01. The molecule has 32 heavy (non-hydrogen) atoms. The molecule has 0 radical (unpaired) electrons. The Morgan fingerprint density at radius 3 is 2.56 bits per heavy atom. The van der Waals surface area contributed by atoms with E-state index in [0.29, 0.717) is 17.2 Å². The molecule has 0 amide bonds. The molecule has 10 heteroatoms. The van der Waals surface area contributed by atoms with E-state index in [2.05, 4.69) is 4.72 Å². The fourth-order valence-electron chi connectivity index (χ4n) is 3.46. The van der Waals surface area contributed by atoms with Crippen LogP contribution in [-0.2, 0) is 21.2 Å². The Balaban J connectivity index is 1.98. The molecular formula is C22H16ClF2NO5S. The van der Waals surface area contributed by atoms with Crippen molar-refractivity contribution in [1.82, 2.24) is 0 Å². The maximum Gasteiger partial charge on any atom is 0.338 e. The lowest BCUT2D eigenvalue weighted by Crippen LogP contribution is -2.17. The van der Waals surface area contributed by atoms with Crippen LogP contribution < -0.4 is 9.46 Å². The molecule has 4 bridgehead atoms. The number of ether oxygens (including phenoxy) is 2. The number of hydrogen-bond acceptors (Lipinski definition) is 5. The number of methoxy groups -OCH3 is 1. The van der Waals surface area contributed by atoms with Gasteiger partial charge in [-0.1, -0.05) is 35.9 Å². The average Bonchev–Trinajstić information content (AvgIpc) is 2.75. The van der Waals surface area contributed by atoms with Gasteiger partial charge in [0.05, 0.1) is 30.0 Å². The van der Waals surface area contributed by atoms with Crippen LogP contribution in [0.15, 0.2) is 53.4 Å². The Labute approximate surface area is 187 Å². The molecule has 0 aromatic heterocycles. The number of nitrogens with one attached hydrogen (secondary N) is 1. The summed E-state index contributed by atoms with van der Waals surface area (Å²) < 4.78 is 67.9. The largest absolute Gasteiger partial charge is 0.494 e. The Hall–Kier alpha value is -3.17. The van der Waals surface area contributed by atoms with Crippen LogP contribution in [0.3, 0.4) is 0 Å². The minimum absolute atomic E-state index is 0.0122. The van der Waals surface area contributed by atoms with Crippen molar-refractivity contribution >= 4 is 33.3 Å². The molecule has 0 atom stereocenters. The van der Waals surface area contributed by atoms with Gasteiger partial charge in [0.25, 0.3) is 10.0 Å². The highest BCUT2D eigenvalue weighted by molar-refractivity contribution is 7.92. The monoisotopic (exact) mass is 479 g/mol. The van der Waals surface area contributed by atoms with Gasteiger partial charge in [0, 0.05) is 18.1 Å². The van der Waals surface area contributed by atoms with Gasteiger partial charge in [-0.15, -0.1) is 0 Å². The Morgan fingerprint density at radius 2 is 1.81 bits per heavy atom. The summed E-state index contributed by atoms with van der Waals surface area (Å²) in [5, 5.41) is -0.153. The number of anilines is 1. The smallest absolute Gasteiger partial charge is 0.338 e. The SMILES string of the molecule is COc1c(Cl)cc2cc1S(=O)(=O)Nc1cc(c(F)cc1F)-c1ccccc1CCOC2=O. The van der Waals surface area contributed by atoms with Crippen molar-refractivity contribution in [3.63, 3.8) is 0 Å². The Bertz CT molecular complexity index is 1340. The second-order valence-electron chi connectivity index (χ2n) is 6.95. The first-order valence-corrected chi connectivity index (χ1v) is 11.2. The highest BCUT2D eigenvalue weighted by Gasteiger charge is 2.27. The number of esters is 1. The van der Waals surface area contributed by atoms with Crippen LogP contribution in [0, 0.1) is 11.6 Å². The molecule has 3 aromatic carbocycles. The Morgan fingerprint density at radius 1 is 1.06 bits per heavy atom. The maximum atomic E-state index is 14.7. The highest BCUT2D eigenvalue weighted by atomic mass is 35.5. The number of halogens is 3. The summed E-state index contributed by atoms with van der Waals surface area (Å²) in [5.41, 5.74) is 0.436. The molecule has 1 N–H and O–H groups in total. The van der Waals surface area contributed by atoms with Gasteiger partial charge in [0.2, 0.25) is 0 Å². The van der Waals surface area contributed by atoms with Crippen LogP contribution in [0.1, 0.15) is 15.9 Å². The van der Waals surface area contributed by atoms with Crippen molar-refractivity contribution < 1.29 is 31.5 Å². The predicted molar refractivity (Wildman–Crippen MR) is 115 cm³/mol. The first-order valence-electron chi connectivity index (χ1n) is 9.36. The molecule has 0 fully saturated rings. The standard InChI is InChI=1S/C22H16ClF2NO5S/c1-30-21-16(23)8-13-9-20(21)32(28,29)26-19-10-15(17(24)11-18(19)25)14-5-3-2-4-12(14)6-7-31-22(13)27/h2-5,8-11,26H,6-7H2,1H3. The third-order valence-electron chi connectivity index (χ3n) is 4.95. The quantitative estimate of drug-likeness (QED) is 0.507. The average molecular weight is 480 g/mol. The van der Waals surface area contributed by atoms with Gasteiger partial charge in [-0.25, -0.2) is 22.0 Å². The van der Waals surface area contributed by atoms with Crippen LogP contribution in [0.25, 0.3) is 11.1 Å². The minimum atomic E-state index is -4.50. The van der Waals surface area contributed by atoms with E-state index in [4.69, 9.17) is 21.1 Å². The van der Waals surface area contributed by atoms with Crippen LogP contribution in [0.5, 0.6) is 5.75 Å². The van der Waals surface area contributed by atoms with E-state index in [1.165, 1.54) is 13.2 Å². The van der Waals surface area contributed by atoms with Crippen LogP contribution in [0.4, 0.5) is 14.5 Å². The number of fused-ring (bicyclic) bond motifs is 6. The molecule has 0 unspecified atom stereocenters. The topological polar surface area (TPSA) is 81.7 Å². The zero-order chi connectivity index (χ0) is 23.0. The molecule has 0 saturated heterocycles. The van der Waals surface area contributed by atoms with E-state index in [-0.39, 0.29) is 34.9 Å².